The van der Waals surface area contributed by atoms with Crippen LogP contribution < -0.4 is 4.90 Å². The molecule has 5 rings (SSSR count). The van der Waals surface area contributed by atoms with Crippen LogP contribution in [0.2, 0.25) is 0 Å². The Labute approximate surface area is 151 Å². The van der Waals surface area contributed by atoms with Crippen LogP contribution in [0.25, 0.3) is 10.1 Å². The molecule has 25 heavy (non-hydrogen) atoms. The Hall–Kier alpha value is -1.91. The lowest BCUT2D eigenvalue weighted by Crippen LogP contribution is -2.55. The van der Waals surface area contributed by atoms with Gasteiger partial charge in [0.2, 0.25) is 0 Å². The number of fused-ring (bicyclic) bond motifs is 2. The van der Waals surface area contributed by atoms with Crippen LogP contribution in [0.15, 0.2) is 47.8 Å². The van der Waals surface area contributed by atoms with Gasteiger partial charge in [-0.15, -0.1) is 11.3 Å². The molecule has 2 aromatic carbocycles. The second-order valence-corrected chi connectivity index (χ2v) is 8.05. The van der Waals surface area contributed by atoms with Crippen molar-refractivity contribution in [2.45, 2.75) is 18.9 Å². The molecule has 128 valence electrons. The van der Waals surface area contributed by atoms with Gasteiger partial charge < -0.3 is 4.90 Å². The molecule has 0 N–H and O–H groups in total. The van der Waals surface area contributed by atoms with Crippen molar-refractivity contribution < 1.29 is 4.39 Å². The Bertz CT molecular complexity index is 902. The van der Waals surface area contributed by atoms with Gasteiger partial charge in [0, 0.05) is 48.0 Å². The van der Waals surface area contributed by atoms with E-state index in [4.69, 9.17) is 0 Å². The van der Waals surface area contributed by atoms with Crippen molar-refractivity contribution in [1.82, 2.24) is 4.90 Å². The minimum absolute atomic E-state index is 0.152. The number of benzene rings is 2. The van der Waals surface area contributed by atoms with Crippen molar-refractivity contribution >= 4 is 27.1 Å². The largest absolute Gasteiger partial charge is 0.365 e. The summed E-state index contributed by atoms with van der Waals surface area (Å²) in [5.41, 5.74) is 4.18. The predicted octanol–water partition coefficient (Wildman–Crippen LogP) is 4.33. The summed E-state index contributed by atoms with van der Waals surface area (Å²) >= 11 is 1.88. The first-order chi connectivity index (χ1) is 12.3. The monoisotopic (exact) mass is 352 g/mol. The minimum atomic E-state index is -0.152. The van der Waals surface area contributed by atoms with Gasteiger partial charge in [-0.1, -0.05) is 18.2 Å². The fourth-order valence-electron chi connectivity index (χ4n) is 4.33. The maximum Gasteiger partial charge on any atom is 0.123 e. The third-order valence-electron chi connectivity index (χ3n) is 5.62. The molecule has 0 aliphatic carbocycles. The highest BCUT2D eigenvalue weighted by Crippen LogP contribution is 2.40. The highest BCUT2D eigenvalue weighted by Gasteiger charge is 2.32. The molecule has 0 amide bonds. The van der Waals surface area contributed by atoms with Gasteiger partial charge in [0.05, 0.1) is 0 Å². The molecule has 0 radical (unpaired) electrons. The second kappa shape index (κ2) is 6.11. The molecule has 1 aromatic heterocycles. The third-order valence-corrected chi connectivity index (χ3v) is 6.61. The molecular weight excluding hydrogens is 331 g/mol. The first kappa shape index (κ1) is 15.4. The highest BCUT2D eigenvalue weighted by atomic mass is 32.1. The Morgan fingerprint density at radius 2 is 1.96 bits per heavy atom. The number of hydrogen-bond acceptors (Lipinski definition) is 3. The number of halogens is 1. The van der Waals surface area contributed by atoms with Crippen molar-refractivity contribution in [3.63, 3.8) is 0 Å². The van der Waals surface area contributed by atoms with E-state index in [9.17, 15) is 4.39 Å². The van der Waals surface area contributed by atoms with E-state index < -0.39 is 0 Å². The minimum Gasteiger partial charge on any atom is -0.365 e. The van der Waals surface area contributed by atoms with E-state index in [2.05, 4.69) is 33.4 Å². The maximum absolute atomic E-state index is 13.0. The SMILES string of the molecule is Fc1ccc(CCN2CCN3c4cccc5scc(c45)CC3C2)cc1. The number of hydrogen-bond donors (Lipinski definition) is 0. The summed E-state index contributed by atoms with van der Waals surface area (Å²) in [5, 5.41) is 3.84. The van der Waals surface area contributed by atoms with E-state index in [1.165, 1.54) is 26.9 Å². The van der Waals surface area contributed by atoms with Crippen LogP contribution in [0, 0.1) is 5.82 Å². The maximum atomic E-state index is 13.0. The van der Waals surface area contributed by atoms with Crippen molar-refractivity contribution in [2.75, 3.05) is 31.1 Å². The van der Waals surface area contributed by atoms with Gasteiger partial charge >= 0.3 is 0 Å². The van der Waals surface area contributed by atoms with Crippen LogP contribution in [0.3, 0.4) is 0 Å². The number of rotatable bonds is 3. The zero-order chi connectivity index (χ0) is 16.8. The lowest BCUT2D eigenvalue weighted by molar-refractivity contribution is 0.223. The zero-order valence-corrected chi connectivity index (χ0v) is 14.9. The average molecular weight is 352 g/mol. The predicted molar refractivity (Wildman–Crippen MR) is 103 cm³/mol. The van der Waals surface area contributed by atoms with Crippen molar-refractivity contribution in [1.29, 1.82) is 0 Å². The van der Waals surface area contributed by atoms with E-state index in [0.29, 0.717) is 6.04 Å². The lowest BCUT2D eigenvalue weighted by Gasteiger charge is -2.45. The third kappa shape index (κ3) is 2.74. The molecule has 1 atom stereocenters. The molecule has 2 nitrogen and oxygen atoms in total. The van der Waals surface area contributed by atoms with Gasteiger partial charge in [0.25, 0.3) is 0 Å². The average Bonchev–Trinajstić information content (AvgIpc) is 3.05. The number of nitrogens with zero attached hydrogens (tertiary/aromatic N) is 2. The van der Waals surface area contributed by atoms with Crippen LogP contribution in [0.4, 0.5) is 10.1 Å². The fourth-order valence-corrected chi connectivity index (χ4v) is 5.32. The summed E-state index contributed by atoms with van der Waals surface area (Å²) < 4.78 is 14.5. The van der Waals surface area contributed by atoms with Gasteiger partial charge in [0.1, 0.15) is 5.82 Å². The molecule has 1 fully saturated rings. The van der Waals surface area contributed by atoms with Crippen LogP contribution >= 0.6 is 11.3 Å². The first-order valence-corrected chi connectivity index (χ1v) is 9.88. The van der Waals surface area contributed by atoms with E-state index in [-0.39, 0.29) is 5.82 Å². The smallest absolute Gasteiger partial charge is 0.123 e. The summed E-state index contributed by atoms with van der Waals surface area (Å²) in [4.78, 5) is 5.19. The molecular formula is C21H21FN2S. The fraction of sp³-hybridized carbons (Fsp3) is 0.333. The second-order valence-electron chi connectivity index (χ2n) is 7.14. The zero-order valence-electron chi connectivity index (χ0n) is 14.1. The molecule has 0 spiro atoms. The normalized spacial score (nSPS) is 20.0. The molecule has 4 heteroatoms. The molecule has 3 heterocycles. The van der Waals surface area contributed by atoms with E-state index >= 15 is 0 Å². The number of thiophene rings is 1. The van der Waals surface area contributed by atoms with Crippen LogP contribution in [-0.2, 0) is 12.8 Å². The molecule has 3 aromatic rings. The summed E-state index contributed by atoms with van der Waals surface area (Å²) in [7, 11) is 0. The highest BCUT2D eigenvalue weighted by molar-refractivity contribution is 7.17. The Kier molecular flexibility index (Phi) is 3.75. The number of piperazine rings is 1. The molecule has 0 saturated carbocycles. The summed E-state index contributed by atoms with van der Waals surface area (Å²) in [5.74, 6) is -0.152. The van der Waals surface area contributed by atoms with Gasteiger partial charge in [-0.25, -0.2) is 4.39 Å². The van der Waals surface area contributed by atoms with Gasteiger partial charge in [-0.3, -0.25) is 4.90 Å². The van der Waals surface area contributed by atoms with E-state index in [0.717, 1.165) is 39.0 Å². The summed E-state index contributed by atoms with van der Waals surface area (Å²) in [6, 6.07) is 14.2. The van der Waals surface area contributed by atoms with Gasteiger partial charge in [-0.05, 0) is 53.6 Å². The van der Waals surface area contributed by atoms with Crippen LogP contribution in [-0.4, -0.2) is 37.1 Å². The van der Waals surface area contributed by atoms with Crippen molar-refractivity contribution in [3.05, 3.63) is 64.8 Å². The Morgan fingerprint density at radius 1 is 1.08 bits per heavy atom. The molecule has 1 saturated heterocycles. The quantitative estimate of drug-likeness (QED) is 0.692. The topological polar surface area (TPSA) is 6.48 Å². The number of anilines is 1. The van der Waals surface area contributed by atoms with Crippen molar-refractivity contribution in [2.24, 2.45) is 0 Å². The first-order valence-electron chi connectivity index (χ1n) is 9.00. The summed E-state index contributed by atoms with van der Waals surface area (Å²) in [6.07, 6.45) is 2.15. The van der Waals surface area contributed by atoms with Crippen LogP contribution in [0.5, 0.6) is 0 Å². The molecule has 1 unspecified atom stereocenters. The molecule has 2 aliphatic rings. The lowest BCUT2D eigenvalue weighted by atomic mass is 9.94. The van der Waals surface area contributed by atoms with E-state index in [1.54, 1.807) is 12.1 Å². The van der Waals surface area contributed by atoms with E-state index in [1.807, 2.05) is 23.5 Å². The van der Waals surface area contributed by atoms with Crippen molar-refractivity contribution in [3.8, 4) is 0 Å². The van der Waals surface area contributed by atoms with Crippen LogP contribution in [0.1, 0.15) is 11.1 Å². The summed E-state index contributed by atoms with van der Waals surface area (Å²) in [6.45, 7) is 4.37. The Morgan fingerprint density at radius 3 is 2.84 bits per heavy atom. The molecule has 2 aliphatic heterocycles. The van der Waals surface area contributed by atoms with Gasteiger partial charge in [-0.2, -0.15) is 0 Å². The Balaban J connectivity index is 1.30. The molecule has 0 bridgehead atoms. The van der Waals surface area contributed by atoms with Gasteiger partial charge in [0.15, 0.2) is 0 Å². The standard InChI is InChI=1S/C21H21FN2S/c22-17-6-4-15(5-7-17)8-9-23-10-11-24-18(13-23)12-16-14-25-20-3-1-2-19(24)21(16)20/h1-7,14,18H,8-13H2.